The molecule has 8 nitrogen and oxygen atoms in total. The van der Waals surface area contributed by atoms with E-state index in [1.54, 1.807) is 18.2 Å². The Labute approximate surface area is 218 Å². The highest BCUT2D eigenvalue weighted by Gasteiger charge is 2.70. The van der Waals surface area contributed by atoms with Crippen LogP contribution in [-0.4, -0.2) is 54.7 Å². The van der Waals surface area contributed by atoms with Gasteiger partial charge in [0, 0.05) is 48.3 Å². The molecular weight excluding hydrogens is 527 g/mol. The maximum Gasteiger partial charge on any atom is 0.228 e. The third kappa shape index (κ3) is 4.92. The summed E-state index contributed by atoms with van der Waals surface area (Å²) in [6.45, 7) is 0.620. The number of amides is 2. The third-order valence-corrected chi connectivity index (χ3v) is 9.42. The summed E-state index contributed by atoms with van der Waals surface area (Å²) in [5, 5.41) is 3.55. The number of fused-ring (bicyclic) bond motifs is 1. The number of nitrogens with one attached hydrogen (secondary N) is 1. The SMILES string of the molecule is O=C1CC2(S(=O)(=O)c3ccc(Cl)cc3)C(=O)C(Cc3cccc(Cl)c3)CN12.O=C1CCNC(=O)CC1. The highest BCUT2D eigenvalue weighted by Crippen LogP contribution is 2.48. The normalized spacial score (nSPS) is 23.7. The fourth-order valence-corrected chi connectivity index (χ4v) is 7.13. The fraction of sp³-hybridized carbons (Fsp3) is 0.360. The summed E-state index contributed by atoms with van der Waals surface area (Å²) in [7, 11) is -4.06. The van der Waals surface area contributed by atoms with Crippen molar-refractivity contribution in [1.82, 2.24) is 10.2 Å². The second-order valence-electron chi connectivity index (χ2n) is 8.96. The molecule has 0 radical (unpaired) electrons. The predicted molar refractivity (Wildman–Crippen MR) is 133 cm³/mol. The standard InChI is InChI=1S/C19H15Cl2NO4S.C6H9NO2/c20-14-4-6-16(7-5-14)27(25,26)19-10-17(23)22(19)11-13(18(19)24)8-12-2-1-3-15(21)9-12;8-5-1-2-6(9)7-4-3-5/h1-7,9,13H,8,10-11H2;1-4H2,(H,7,9). The zero-order chi connectivity index (χ0) is 26.1. The Morgan fingerprint density at radius 2 is 1.67 bits per heavy atom. The Kier molecular flexibility index (Phi) is 7.54. The van der Waals surface area contributed by atoms with Gasteiger partial charge in [-0.3, -0.25) is 19.2 Å². The van der Waals surface area contributed by atoms with Gasteiger partial charge in [-0.05, 0) is 48.4 Å². The lowest BCUT2D eigenvalue weighted by molar-refractivity contribution is -0.150. The van der Waals surface area contributed by atoms with Crippen molar-refractivity contribution in [2.75, 3.05) is 13.1 Å². The van der Waals surface area contributed by atoms with Crippen molar-refractivity contribution in [3.63, 3.8) is 0 Å². The molecule has 2 aromatic rings. The van der Waals surface area contributed by atoms with Crippen LogP contribution >= 0.6 is 23.2 Å². The molecule has 1 N–H and O–H groups in total. The molecule has 2 atom stereocenters. The van der Waals surface area contributed by atoms with Crippen LogP contribution in [0.1, 0.15) is 31.2 Å². The molecule has 0 bridgehead atoms. The maximum atomic E-state index is 13.3. The minimum atomic E-state index is -4.06. The number of hydrogen-bond donors (Lipinski definition) is 1. The molecule has 36 heavy (non-hydrogen) atoms. The van der Waals surface area contributed by atoms with Crippen molar-refractivity contribution < 1.29 is 27.6 Å². The highest BCUT2D eigenvalue weighted by molar-refractivity contribution is 7.93. The average molecular weight is 551 g/mol. The third-order valence-electron chi connectivity index (χ3n) is 6.58. The predicted octanol–water partition coefficient (Wildman–Crippen LogP) is 2.99. The van der Waals surface area contributed by atoms with Gasteiger partial charge in [0.25, 0.3) is 0 Å². The highest BCUT2D eigenvalue weighted by atomic mass is 35.5. The van der Waals surface area contributed by atoms with Crippen molar-refractivity contribution in [3.05, 3.63) is 64.1 Å². The summed E-state index contributed by atoms with van der Waals surface area (Å²) in [5.41, 5.74) is 0.829. The number of hydrogen-bond acceptors (Lipinski definition) is 6. The van der Waals surface area contributed by atoms with Crippen LogP contribution in [0.25, 0.3) is 0 Å². The molecular formula is C25H24Cl2N2O6S. The van der Waals surface area contributed by atoms with E-state index < -0.39 is 26.4 Å². The quantitative estimate of drug-likeness (QED) is 0.584. The first-order valence-corrected chi connectivity index (χ1v) is 13.7. The average Bonchev–Trinajstić information content (AvgIpc) is 2.92. The molecule has 2 amide bonds. The number of ketones is 2. The Hall–Kier alpha value is -2.75. The zero-order valence-electron chi connectivity index (χ0n) is 19.2. The van der Waals surface area contributed by atoms with E-state index in [-0.39, 0.29) is 35.5 Å². The summed E-state index contributed by atoms with van der Waals surface area (Å²) in [4.78, 5) is 45.9. The number of carbonyl (C=O) groups excluding carboxylic acids is 4. The summed E-state index contributed by atoms with van der Waals surface area (Å²) >= 11 is 11.8. The molecule has 11 heteroatoms. The summed E-state index contributed by atoms with van der Waals surface area (Å²) in [6.07, 6.45) is 1.32. The van der Waals surface area contributed by atoms with Crippen LogP contribution in [0.4, 0.5) is 0 Å². The van der Waals surface area contributed by atoms with Crippen LogP contribution in [-0.2, 0) is 35.4 Å². The minimum Gasteiger partial charge on any atom is -0.356 e. The maximum absolute atomic E-state index is 13.3. The molecule has 0 aromatic heterocycles. The lowest BCUT2D eigenvalue weighted by atomic mass is 9.93. The molecule has 190 valence electrons. The number of β-lactam (4-membered cyclic amide) rings is 1. The Morgan fingerprint density at radius 1 is 0.944 bits per heavy atom. The smallest absolute Gasteiger partial charge is 0.228 e. The van der Waals surface area contributed by atoms with Crippen molar-refractivity contribution in [2.45, 2.75) is 41.9 Å². The van der Waals surface area contributed by atoms with Gasteiger partial charge >= 0.3 is 0 Å². The van der Waals surface area contributed by atoms with Gasteiger partial charge in [0.2, 0.25) is 26.5 Å². The number of Topliss-reactive ketones (excluding diaryl/α,β-unsaturated/α-hetero) is 2. The molecule has 3 saturated heterocycles. The molecule has 3 aliphatic heterocycles. The molecule has 5 rings (SSSR count). The fourth-order valence-electron chi connectivity index (χ4n) is 4.69. The molecule has 0 spiro atoms. The van der Waals surface area contributed by atoms with Gasteiger partial charge in [0.15, 0.2) is 5.78 Å². The van der Waals surface area contributed by atoms with Crippen molar-refractivity contribution >= 4 is 56.4 Å². The van der Waals surface area contributed by atoms with Crippen LogP contribution in [0, 0.1) is 5.92 Å². The van der Waals surface area contributed by atoms with Crippen LogP contribution in [0.15, 0.2) is 53.4 Å². The van der Waals surface area contributed by atoms with E-state index in [1.807, 2.05) is 6.07 Å². The first-order chi connectivity index (χ1) is 17.0. The first-order valence-electron chi connectivity index (χ1n) is 11.4. The van der Waals surface area contributed by atoms with E-state index >= 15 is 0 Å². The minimum absolute atomic E-state index is 0.000787. The summed E-state index contributed by atoms with van der Waals surface area (Å²) in [5.74, 6) is -1.15. The van der Waals surface area contributed by atoms with Gasteiger partial charge in [-0.1, -0.05) is 35.3 Å². The zero-order valence-corrected chi connectivity index (χ0v) is 21.5. The number of nitrogens with zero attached hydrogens (tertiary/aromatic N) is 1. The Bertz CT molecular complexity index is 1310. The van der Waals surface area contributed by atoms with Gasteiger partial charge in [-0.15, -0.1) is 0 Å². The van der Waals surface area contributed by atoms with Gasteiger partial charge in [-0.25, -0.2) is 8.42 Å². The molecule has 0 aliphatic carbocycles. The van der Waals surface area contributed by atoms with Crippen molar-refractivity contribution in [3.8, 4) is 0 Å². The van der Waals surface area contributed by atoms with E-state index in [2.05, 4.69) is 5.32 Å². The molecule has 3 heterocycles. The number of benzene rings is 2. The summed E-state index contributed by atoms with van der Waals surface area (Å²) < 4.78 is 26.5. The van der Waals surface area contributed by atoms with Crippen LogP contribution in [0.3, 0.4) is 0 Å². The van der Waals surface area contributed by atoms with E-state index in [9.17, 15) is 27.6 Å². The Balaban J connectivity index is 0.000000286. The van der Waals surface area contributed by atoms with E-state index in [4.69, 9.17) is 23.2 Å². The molecule has 3 aliphatic rings. The van der Waals surface area contributed by atoms with Crippen molar-refractivity contribution in [2.24, 2.45) is 5.92 Å². The number of carbonyl (C=O) groups is 4. The topological polar surface area (TPSA) is 118 Å². The number of halogens is 2. The number of rotatable bonds is 4. The molecule has 0 saturated carbocycles. The first kappa shape index (κ1) is 26.3. The van der Waals surface area contributed by atoms with Crippen LogP contribution in [0.5, 0.6) is 0 Å². The molecule has 2 unspecified atom stereocenters. The van der Waals surface area contributed by atoms with Crippen LogP contribution in [0.2, 0.25) is 10.0 Å². The van der Waals surface area contributed by atoms with Crippen LogP contribution < -0.4 is 5.32 Å². The van der Waals surface area contributed by atoms with E-state index in [0.29, 0.717) is 42.3 Å². The van der Waals surface area contributed by atoms with Gasteiger partial charge in [0.05, 0.1) is 11.3 Å². The lowest BCUT2D eigenvalue weighted by Crippen LogP contribution is -2.67. The number of sulfone groups is 1. The lowest BCUT2D eigenvalue weighted by Gasteiger charge is -2.44. The second kappa shape index (κ2) is 10.3. The largest absolute Gasteiger partial charge is 0.356 e. The van der Waals surface area contributed by atoms with Gasteiger partial charge < -0.3 is 10.2 Å². The monoisotopic (exact) mass is 550 g/mol. The van der Waals surface area contributed by atoms with Gasteiger partial charge in [0.1, 0.15) is 5.78 Å². The summed E-state index contributed by atoms with van der Waals surface area (Å²) in [6, 6.07) is 12.7. The molecule has 3 fully saturated rings. The van der Waals surface area contributed by atoms with Crippen molar-refractivity contribution in [1.29, 1.82) is 0 Å². The second-order valence-corrected chi connectivity index (χ2v) is 12.0. The Morgan fingerprint density at radius 3 is 2.33 bits per heavy atom. The van der Waals surface area contributed by atoms with Gasteiger partial charge in [-0.2, -0.15) is 0 Å². The van der Waals surface area contributed by atoms with E-state index in [1.165, 1.54) is 29.2 Å². The molecule has 2 aromatic carbocycles. The van der Waals surface area contributed by atoms with E-state index in [0.717, 1.165) is 5.56 Å².